The van der Waals surface area contributed by atoms with E-state index in [0.29, 0.717) is 12.8 Å². The number of amides is 1. The van der Waals surface area contributed by atoms with Gasteiger partial charge in [0.15, 0.2) is 9.84 Å². The van der Waals surface area contributed by atoms with Gasteiger partial charge in [-0.1, -0.05) is 51.1 Å². The van der Waals surface area contributed by atoms with E-state index < -0.39 is 27.8 Å². The Bertz CT molecular complexity index is 728. The van der Waals surface area contributed by atoms with Gasteiger partial charge in [-0.3, -0.25) is 9.59 Å². The summed E-state index contributed by atoms with van der Waals surface area (Å²) in [6.45, 7) is 5.79. The lowest BCUT2D eigenvalue weighted by Crippen LogP contribution is -2.33. The Kier molecular flexibility index (Phi) is 9.65. The number of nitrogens with zero attached hydrogens (tertiary/aromatic N) is 1. The molecule has 0 bridgehead atoms. The fourth-order valence-corrected chi connectivity index (χ4v) is 4.56. The lowest BCUT2D eigenvalue weighted by Gasteiger charge is -2.22. The molecular weight excluding hydrogens is 378 g/mol. The second-order valence-electron chi connectivity index (χ2n) is 7.73. The summed E-state index contributed by atoms with van der Waals surface area (Å²) < 4.78 is 30.6. The van der Waals surface area contributed by atoms with Gasteiger partial charge in [0.2, 0.25) is 5.91 Å². The van der Waals surface area contributed by atoms with E-state index in [4.69, 9.17) is 4.74 Å². The Hall–Kier alpha value is -1.89. The smallest absolute Gasteiger partial charge is 0.311 e. The highest BCUT2D eigenvalue weighted by molar-refractivity contribution is 7.91. The molecule has 0 aliphatic carbocycles. The third-order valence-electron chi connectivity index (χ3n) is 4.52. The normalized spacial score (nSPS) is 13.8. The number of benzene rings is 1. The molecule has 6 nitrogen and oxygen atoms in total. The number of rotatable bonds is 11. The van der Waals surface area contributed by atoms with Gasteiger partial charge in [-0.2, -0.15) is 0 Å². The minimum absolute atomic E-state index is 0.000489. The zero-order chi connectivity index (χ0) is 21.3. The molecule has 0 saturated heterocycles. The van der Waals surface area contributed by atoms with E-state index in [1.807, 2.05) is 51.1 Å². The lowest BCUT2D eigenvalue weighted by atomic mass is 10.1. The maximum absolute atomic E-state index is 12.8. The van der Waals surface area contributed by atoms with Gasteiger partial charge in [-0.15, -0.1) is 0 Å². The molecule has 1 aromatic rings. The van der Waals surface area contributed by atoms with Gasteiger partial charge in [-0.05, 0) is 24.3 Å². The van der Waals surface area contributed by atoms with E-state index in [-0.39, 0.29) is 29.8 Å². The summed E-state index contributed by atoms with van der Waals surface area (Å²) in [5.41, 5.74) is 0.846. The fraction of sp³-hybridized carbons (Fsp3) is 0.619. The van der Waals surface area contributed by atoms with E-state index in [9.17, 15) is 18.0 Å². The van der Waals surface area contributed by atoms with Crippen LogP contribution in [0.3, 0.4) is 0 Å². The van der Waals surface area contributed by atoms with Gasteiger partial charge in [0.25, 0.3) is 0 Å². The molecule has 0 N–H and O–H groups in total. The van der Waals surface area contributed by atoms with E-state index >= 15 is 0 Å². The number of hydrogen-bond donors (Lipinski definition) is 0. The van der Waals surface area contributed by atoms with Gasteiger partial charge < -0.3 is 9.64 Å². The number of sulfone groups is 1. The summed E-state index contributed by atoms with van der Waals surface area (Å²) in [7, 11) is -0.311. The molecule has 0 heterocycles. The quantitative estimate of drug-likeness (QED) is 0.522. The number of carbonyl (C=O) groups is 2. The predicted molar refractivity (Wildman–Crippen MR) is 110 cm³/mol. The number of esters is 1. The molecule has 158 valence electrons. The minimum Gasteiger partial charge on any atom is -0.457 e. The Morgan fingerprint density at radius 1 is 1.11 bits per heavy atom. The minimum atomic E-state index is -3.47. The highest BCUT2D eigenvalue weighted by atomic mass is 32.2. The number of ether oxygens (including phenoxy) is 1. The Morgan fingerprint density at radius 3 is 2.21 bits per heavy atom. The molecule has 0 aromatic heterocycles. The molecule has 1 amide bonds. The first-order valence-electron chi connectivity index (χ1n) is 9.71. The molecule has 0 saturated carbocycles. The molecule has 2 atom stereocenters. The Morgan fingerprint density at radius 2 is 1.71 bits per heavy atom. The molecule has 1 rings (SSSR count). The maximum atomic E-state index is 12.8. The molecule has 0 spiro atoms. The second-order valence-corrected chi connectivity index (χ2v) is 9.96. The summed E-state index contributed by atoms with van der Waals surface area (Å²) in [4.78, 5) is 26.3. The van der Waals surface area contributed by atoms with Crippen molar-refractivity contribution in [3.63, 3.8) is 0 Å². The average Bonchev–Trinajstić information content (AvgIpc) is 2.64. The molecular formula is C21H33NO5S. The van der Waals surface area contributed by atoms with Crippen LogP contribution in [0.5, 0.6) is 0 Å². The van der Waals surface area contributed by atoms with Crippen LogP contribution in [-0.4, -0.2) is 50.8 Å². The third-order valence-corrected chi connectivity index (χ3v) is 6.28. The largest absolute Gasteiger partial charge is 0.457 e. The van der Waals surface area contributed by atoms with Gasteiger partial charge in [-0.25, -0.2) is 8.42 Å². The van der Waals surface area contributed by atoms with Crippen molar-refractivity contribution < 1.29 is 22.7 Å². The number of hydrogen-bond acceptors (Lipinski definition) is 5. The molecule has 28 heavy (non-hydrogen) atoms. The maximum Gasteiger partial charge on any atom is 0.311 e. The zero-order valence-electron chi connectivity index (χ0n) is 17.6. The zero-order valence-corrected chi connectivity index (χ0v) is 18.4. The van der Waals surface area contributed by atoms with Crippen molar-refractivity contribution in [2.24, 2.45) is 11.8 Å². The molecule has 2 unspecified atom stereocenters. The highest BCUT2D eigenvalue weighted by Gasteiger charge is 2.31. The van der Waals surface area contributed by atoms with Crippen LogP contribution in [0.1, 0.15) is 51.7 Å². The number of carbonyl (C=O) groups excluding carboxylic acids is 2. The van der Waals surface area contributed by atoms with Crippen LogP contribution in [-0.2, 0) is 24.2 Å². The summed E-state index contributed by atoms with van der Waals surface area (Å²) in [6.07, 6.45) is 0.430. The van der Waals surface area contributed by atoms with Gasteiger partial charge in [0.05, 0.1) is 17.4 Å². The van der Waals surface area contributed by atoms with Gasteiger partial charge in [0.1, 0.15) is 6.10 Å². The van der Waals surface area contributed by atoms with Gasteiger partial charge >= 0.3 is 5.97 Å². The van der Waals surface area contributed by atoms with Gasteiger partial charge in [0, 0.05) is 20.5 Å². The summed E-state index contributed by atoms with van der Waals surface area (Å²) in [5, 5.41) is 0. The molecule has 0 fully saturated rings. The van der Waals surface area contributed by atoms with Crippen molar-refractivity contribution in [1.29, 1.82) is 0 Å². The molecule has 0 aliphatic heterocycles. The van der Waals surface area contributed by atoms with Crippen LogP contribution in [0.2, 0.25) is 0 Å². The molecule has 7 heteroatoms. The Labute approximate surface area is 169 Å². The summed E-state index contributed by atoms with van der Waals surface area (Å²) in [5.74, 6) is -2.08. The topological polar surface area (TPSA) is 80.8 Å². The van der Waals surface area contributed by atoms with Crippen molar-refractivity contribution in [2.45, 2.75) is 46.1 Å². The van der Waals surface area contributed by atoms with Crippen molar-refractivity contribution in [3.05, 3.63) is 35.9 Å². The van der Waals surface area contributed by atoms with E-state index in [0.717, 1.165) is 5.56 Å². The molecule has 0 radical (unpaired) electrons. The van der Waals surface area contributed by atoms with Crippen molar-refractivity contribution >= 4 is 21.7 Å². The van der Waals surface area contributed by atoms with Crippen LogP contribution in [0.25, 0.3) is 0 Å². The standard InChI is InChI=1S/C21H33NO5S/c1-6-19(17-10-8-7-9-11-17)27-21(24)18(14-20(23)22(4)5)15-28(25,26)13-12-16(2)3/h7-11,16,18-19H,6,12-15H2,1-5H3. The molecule has 1 aromatic carbocycles. The summed E-state index contributed by atoms with van der Waals surface area (Å²) in [6, 6.07) is 9.31. The van der Waals surface area contributed by atoms with Crippen molar-refractivity contribution in [2.75, 3.05) is 25.6 Å². The first-order chi connectivity index (χ1) is 13.1. The fourth-order valence-electron chi connectivity index (χ4n) is 2.70. The van der Waals surface area contributed by atoms with Crippen molar-refractivity contribution in [1.82, 2.24) is 4.90 Å². The SMILES string of the molecule is CCC(OC(=O)C(CC(=O)N(C)C)CS(=O)(=O)CCC(C)C)c1ccccc1. The van der Waals surface area contributed by atoms with Crippen LogP contribution in [0, 0.1) is 11.8 Å². The third kappa shape index (κ3) is 8.42. The van der Waals surface area contributed by atoms with Crippen molar-refractivity contribution in [3.8, 4) is 0 Å². The van der Waals surface area contributed by atoms with Crippen LogP contribution in [0.15, 0.2) is 30.3 Å². The average molecular weight is 412 g/mol. The summed E-state index contributed by atoms with van der Waals surface area (Å²) >= 11 is 0. The van der Waals surface area contributed by atoms with Crippen LogP contribution < -0.4 is 0 Å². The predicted octanol–water partition coefficient (Wildman–Crippen LogP) is 3.24. The van der Waals surface area contributed by atoms with Crippen LogP contribution >= 0.6 is 0 Å². The molecule has 0 aliphatic rings. The van der Waals surface area contributed by atoms with E-state index in [1.165, 1.54) is 4.90 Å². The first-order valence-corrected chi connectivity index (χ1v) is 11.5. The lowest BCUT2D eigenvalue weighted by molar-refractivity contribution is -0.156. The van der Waals surface area contributed by atoms with E-state index in [1.54, 1.807) is 14.1 Å². The Balaban J connectivity index is 2.96. The van der Waals surface area contributed by atoms with Crippen LogP contribution in [0.4, 0.5) is 0 Å². The monoisotopic (exact) mass is 411 g/mol. The first kappa shape index (κ1) is 24.1. The second kappa shape index (κ2) is 11.2. The highest BCUT2D eigenvalue weighted by Crippen LogP contribution is 2.24. The van der Waals surface area contributed by atoms with E-state index in [2.05, 4.69) is 0 Å².